The number of hydrogen-bond acceptors (Lipinski definition) is 4. The number of aliphatic hydroxyl groups is 1. The van der Waals surface area contributed by atoms with Gasteiger partial charge in [-0.3, -0.25) is 0 Å². The lowest BCUT2D eigenvalue weighted by Gasteiger charge is -2.10. The molecule has 7 heteroatoms. The van der Waals surface area contributed by atoms with Crippen molar-refractivity contribution in [2.75, 3.05) is 0 Å². The zero-order valence-electron chi connectivity index (χ0n) is 11.6. The Morgan fingerprint density at radius 3 is 2.43 bits per heavy atom. The molecule has 0 amide bonds. The Kier molecular flexibility index (Phi) is 3.69. The molecular formula is C16H10F3N3O. The molecule has 0 aliphatic rings. The van der Waals surface area contributed by atoms with E-state index >= 15 is 0 Å². The number of aliphatic hydroxyl groups excluding tert-OH is 1. The normalized spacial score (nSPS) is 12.6. The van der Waals surface area contributed by atoms with Gasteiger partial charge in [-0.15, -0.1) is 0 Å². The maximum atomic E-state index is 13.2. The van der Waals surface area contributed by atoms with Crippen molar-refractivity contribution in [1.29, 1.82) is 0 Å². The average molecular weight is 317 g/mol. The van der Waals surface area contributed by atoms with Crippen molar-refractivity contribution in [3.05, 3.63) is 65.6 Å². The first-order valence-corrected chi connectivity index (χ1v) is 6.61. The number of halogens is 3. The number of fused-ring (bicyclic) bond motifs is 1. The zero-order valence-corrected chi connectivity index (χ0v) is 11.6. The van der Waals surface area contributed by atoms with Gasteiger partial charge in [-0.05, 0) is 12.1 Å². The van der Waals surface area contributed by atoms with Gasteiger partial charge >= 0.3 is 6.18 Å². The van der Waals surface area contributed by atoms with Gasteiger partial charge in [-0.25, -0.2) is 15.0 Å². The first-order valence-electron chi connectivity index (χ1n) is 6.61. The summed E-state index contributed by atoms with van der Waals surface area (Å²) < 4.78 is 39.6. The second-order valence-electron chi connectivity index (χ2n) is 4.70. The minimum absolute atomic E-state index is 0.0381. The van der Waals surface area contributed by atoms with Crippen molar-refractivity contribution in [3.63, 3.8) is 0 Å². The fraction of sp³-hybridized carbons (Fsp3) is 0.0625. The summed E-state index contributed by atoms with van der Waals surface area (Å²) in [6, 6.07) is 11.1. The molecule has 4 nitrogen and oxygen atoms in total. The third-order valence-corrected chi connectivity index (χ3v) is 3.08. The summed E-state index contributed by atoms with van der Waals surface area (Å²) in [5.41, 5.74) is -1.15. The monoisotopic (exact) mass is 317 g/mol. The molecule has 0 fully saturated rings. The smallest absolute Gasteiger partial charge is 0.435 e. The second kappa shape index (κ2) is 5.68. The van der Waals surface area contributed by atoms with E-state index in [1.807, 2.05) is 0 Å². The number of alkyl halides is 3. The largest absolute Gasteiger partial charge is 0.507 e. The lowest BCUT2D eigenvalue weighted by atomic mass is 10.1. The molecule has 0 saturated carbocycles. The minimum Gasteiger partial charge on any atom is -0.507 e. The van der Waals surface area contributed by atoms with Crippen LogP contribution in [0.1, 0.15) is 17.0 Å². The number of nitrogens with zero attached hydrogens (tertiary/aromatic N) is 3. The molecule has 116 valence electrons. The molecule has 2 heterocycles. The summed E-state index contributed by atoms with van der Waals surface area (Å²) in [5.74, 6) is -0.333. The molecule has 0 saturated heterocycles. The fourth-order valence-electron chi connectivity index (χ4n) is 2.04. The van der Waals surface area contributed by atoms with Gasteiger partial charge in [0.15, 0.2) is 11.3 Å². The van der Waals surface area contributed by atoms with Gasteiger partial charge in [0.05, 0.1) is 0 Å². The fourth-order valence-corrected chi connectivity index (χ4v) is 2.04. The van der Waals surface area contributed by atoms with Gasteiger partial charge in [0.25, 0.3) is 0 Å². The summed E-state index contributed by atoms with van der Waals surface area (Å²) >= 11 is 0. The van der Waals surface area contributed by atoms with E-state index in [2.05, 4.69) is 15.0 Å². The molecule has 3 rings (SSSR count). The van der Waals surface area contributed by atoms with Crippen molar-refractivity contribution in [3.8, 4) is 0 Å². The maximum absolute atomic E-state index is 13.2. The van der Waals surface area contributed by atoms with Crippen LogP contribution in [-0.4, -0.2) is 20.1 Å². The molecule has 2 aromatic heterocycles. The molecule has 0 radical (unpaired) electrons. The maximum Gasteiger partial charge on any atom is 0.435 e. The Balaban J connectivity index is 2.19. The molecule has 0 atom stereocenters. The van der Waals surface area contributed by atoms with E-state index in [0.717, 1.165) is 6.08 Å². The molecular weight excluding hydrogens is 307 g/mol. The number of benzene rings is 1. The predicted octanol–water partition coefficient (Wildman–Crippen LogP) is 4.10. The van der Waals surface area contributed by atoms with Crippen molar-refractivity contribution in [2.24, 2.45) is 0 Å². The first kappa shape index (κ1) is 15.0. The van der Waals surface area contributed by atoms with Crippen molar-refractivity contribution < 1.29 is 18.3 Å². The highest BCUT2D eigenvalue weighted by Gasteiger charge is 2.36. The van der Waals surface area contributed by atoms with Crippen LogP contribution in [0.3, 0.4) is 0 Å². The van der Waals surface area contributed by atoms with E-state index in [1.165, 1.54) is 18.3 Å². The van der Waals surface area contributed by atoms with E-state index < -0.39 is 17.6 Å². The Morgan fingerprint density at radius 2 is 1.74 bits per heavy atom. The third kappa shape index (κ3) is 3.13. The lowest BCUT2D eigenvalue weighted by Crippen LogP contribution is -2.12. The van der Waals surface area contributed by atoms with Crippen molar-refractivity contribution in [2.45, 2.75) is 6.18 Å². The topological polar surface area (TPSA) is 58.9 Å². The van der Waals surface area contributed by atoms with Crippen LogP contribution < -0.4 is 0 Å². The van der Waals surface area contributed by atoms with Gasteiger partial charge in [0.1, 0.15) is 17.0 Å². The van der Waals surface area contributed by atoms with Crippen LogP contribution in [0.5, 0.6) is 0 Å². The highest BCUT2D eigenvalue weighted by molar-refractivity contribution is 5.79. The van der Waals surface area contributed by atoms with Crippen LogP contribution in [0.4, 0.5) is 13.2 Å². The lowest BCUT2D eigenvalue weighted by molar-refractivity contribution is -0.141. The molecule has 1 N–H and O–H groups in total. The molecule has 1 aromatic carbocycles. The number of rotatable bonds is 2. The van der Waals surface area contributed by atoms with Crippen LogP contribution in [0.2, 0.25) is 0 Å². The van der Waals surface area contributed by atoms with E-state index in [0.29, 0.717) is 5.56 Å². The van der Waals surface area contributed by atoms with E-state index in [1.54, 1.807) is 30.3 Å². The van der Waals surface area contributed by atoms with Gasteiger partial charge in [-0.1, -0.05) is 30.3 Å². The Hall–Kier alpha value is -2.96. The van der Waals surface area contributed by atoms with Gasteiger partial charge in [0, 0.05) is 17.8 Å². The van der Waals surface area contributed by atoms with Gasteiger partial charge in [0.2, 0.25) is 0 Å². The Labute approximate surface area is 129 Å². The Bertz CT molecular complexity index is 877. The number of aromatic nitrogens is 3. The third-order valence-electron chi connectivity index (χ3n) is 3.08. The summed E-state index contributed by atoms with van der Waals surface area (Å²) in [6.45, 7) is 0. The van der Waals surface area contributed by atoms with E-state index in [4.69, 9.17) is 0 Å². The molecule has 0 bridgehead atoms. The van der Waals surface area contributed by atoms with Gasteiger partial charge in [-0.2, -0.15) is 13.2 Å². The van der Waals surface area contributed by atoms with Crippen LogP contribution in [-0.2, 0) is 6.18 Å². The summed E-state index contributed by atoms with van der Waals surface area (Å²) in [7, 11) is 0. The average Bonchev–Trinajstić information content (AvgIpc) is 2.54. The van der Waals surface area contributed by atoms with E-state index in [9.17, 15) is 18.3 Å². The highest BCUT2D eigenvalue weighted by atomic mass is 19.4. The molecule has 0 aliphatic carbocycles. The molecule has 0 aliphatic heterocycles. The summed E-state index contributed by atoms with van der Waals surface area (Å²) in [4.78, 5) is 11.4. The zero-order chi connectivity index (χ0) is 16.4. The molecule has 0 spiro atoms. The molecule has 3 aromatic rings. The summed E-state index contributed by atoms with van der Waals surface area (Å²) in [6.07, 6.45) is -2.34. The van der Waals surface area contributed by atoms with Crippen LogP contribution in [0.15, 0.2) is 48.7 Å². The van der Waals surface area contributed by atoms with Crippen LogP contribution in [0, 0.1) is 0 Å². The van der Waals surface area contributed by atoms with Gasteiger partial charge < -0.3 is 5.11 Å². The first-order chi connectivity index (χ1) is 10.9. The second-order valence-corrected chi connectivity index (χ2v) is 4.70. The minimum atomic E-state index is -4.69. The summed E-state index contributed by atoms with van der Waals surface area (Å²) in [5, 5.41) is 10.0. The molecule has 23 heavy (non-hydrogen) atoms. The van der Waals surface area contributed by atoms with Crippen LogP contribution >= 0.6 is 0 Å². The quantitative estimate of drug-likeness (QED) is 0.723. The number of hydrogen-bond donors (Lipinski definition) is 1. The van der Waals surface area contributed by atoms with E-state index in [-0.39, 0.29) is 16.9 Å². The van der Waals surface area contributed by atoms with Crippen LogP contribution in [0.25, 0.3) is 23.0 Å². The predicted molar refractivity (Wildman–Crippen MR) is 79.3 cm³/mol. The highest BCUT2D eigenvalue weighted by Crippen LogP contribution is 2.32. The number of pyridine rings is 1. The standard InChI is InChI=1S/C16H10F3N3O/c17-16(18,19)14-12(9-13(23)10-5-2-1-3-6-10)22-15-11(21-14)7-4-8-20-15/h1-9,23H/b13-9-. The van der Waals surface area contributed by atoms with Crippen molar-refractivity contribution >= 4 is 23.0 Å². The van der Waals surface area contributed by atoms with Crippen molar-refractivity contribution in [1.82, 2.24) is 15.0 Å². The Morgan fingerprint density at radius 1 is 1.00 bits per heavy atom. The molecule has 0 unspecified atom stereocenters. The SMILES string of the molecule is O/C(=C\c1nc2ncccc2nc1C(F)(F)F)c1ccccc1.